The van der Waals surface area contributed by atoms with Crippen molar-refractivity contribution in [2.24, 2.45) is 0 Å². The summed E-state index contributed by atoms with van der Waals surface area (Å²) in [5, 5.41) is 5.45. The van der Waals surface area contributed by atoms with Crippen molar-refractivity contribution in [3.8, 4) is 5.75 Å². The number of amides is 2. The van der Waals surface area contributed by atoms with Crippen LogP contribution in [0.15, 0.2) is 47.4 Å². The van der Waals surface area contributed by atoms with Gasteiger partial charge in [-0.25, -0.2) is 17.6 Å². The molecule has 9 heteroatoms. The first-order chi connectivity index (χ1) is 14.2. The number of nitrogens with one attached hydrogen (secondary N) is 2. The molecule has 0 aromatic heterocycles. The number of sulfonamides is 1. The van der Waals surface area contributed by atoms with Gasteiger partial charge in [-0.15, -0.1) is 0 Å². The number of carbonyl (C=O) groups is 1. The second-order valence-electron chi connectivity index (χ2n) is 6.68. The lowest BCUT2D eigenvalue weighted by molar-refractivity contribution is 0.237. The maximum Gasteiger partial charge on any atom is 0.315 e. The van der Waals surface area contributed by atoms with E-state index in [9.17, 15) is 17.6 Å². The second kappa shape index (κ2) is 10.4. The summed E-state index contributed by atoms with van der Waals surface area (Å²) in [5.41, 5.74) is 1.36. The van der Waals surface area contributed by atoms with Crippen LogP contribution in [-0.4, -0.2) is 39.0 Å². The fourth-order valence-corrected chi connectivity index (χ4v) is 4.43. The van der Waals surface area contributed by atoms with E-state index >= 15 is 0 Å². The highest BCUT2D eigenvalue weighted by atomic mass is 32.2. The van der Waals surface area contributed by atoms with Gasteiger partial charge in [0.25, 0.3) is 0 Å². The molecule has 1 atom stereocenters. The summed E-state index contributed by atoms with van der Waals surface area (Å²) in [6, 6.07) is 10.2. The van der Waals surface area contributed by atoms with Crippen molar-refractivity contribution in [2.45, 2.75) is 38.3 Å². The molecule has 7 nitrogen and oxygen atoms in total. The lowest BCUT2D eigenvalue weighted by Crippen LogP contribution is -2.36. The molecule has 0 heterocycles. The van der Waals surface area contributed by atoms with Gasteiger partial charge < -0.3 is 15.4 Å². The number of halogens is 1. The van der Waals surface area contributed by atoms with E-state index in [4.69, 9.17) is 4.74 Å². The van der Waals surface area contributed by atoms with E-state index in [2.05, 4.69) is 10.6 Å². The van der Waals surface area contributed by atoms with E-state index in [-0.39, 0.29) is 23.2 Å². The molecule has 164 valence electrons. The van der Waals surface area contributed by atoms with Crippen molar-refractivity contribution in [3.63, 3.8) is 0 Å². The minimum atomic E-state index is -3.52. The van der Waals surface area contributed by atoms with Crippen LogP contribution in [0.25, 0.3) is 0 Å². The van der Waals surface area contributed by atoms with Gasteiger partial charge >= 0.3 is 6.03 Å². The molecule has 0 radical (unpaired) electrons. The predicted molar refractivity (Wildman–Crippen MR) is 113 cm³/mol. The number of ether oxygens (including phenoxy) is 1. The summed E-state index contributed by atoms with van der Waals surface area (Å²) in [7, 11) is -2.13. The third kappa shape index (κ3) is 5.70. The van der Waals surface area contributed by atoms with Crippen LogP contribution in [0.4, 0.5) is 9.18 Å². The Balaban J connectivity index is 1.96. The Morgan fingerprint density at radius 1 is 1.13 bits per heavy atom. The zero-order chi connectivity index (χ0) is 22.3. The maximum atomic E-state index is 13.7. The molecular weight excluding hydrogens is 409 g/mol. The molecule has 0 saturated carbocycles. The van der Waals surface area contributed by atoms with Gasteiger partial charge in [-0.05, 0) is 42.3 Å². The zero-order valence-electron chi connectivity index (χ0n) is 17.6. The van der Waals surface area contributed by atoms with Crippen LogP contribution in [0.1, 0.15) is 37.9 Å². The van der Waals surface area contributed by atoms with Crippen LogP contribution in [0.3, 0.4) is 0 Å². The van der Waals surface area contributed by atoms with Crippen molar-refractivity contribution in [1.29, 1.82) is 0 Å². The molecule has 30 heavy (non-hydrogen) atoms. The molecule has 2 N–H and O–H groups in total. The van der Waals surface area contributed by atoms with Crippen LogP contribution in [0, 0.1) is 5.82 Å². The highest BCUT2D eigenvalue weighted by Crippen LogP contribution is 2.20. The summed E-state index contributed by atoms with van der Waals surface area (Å²) in [4.78, 5) is 12.4. The molecule has 0 bridgehead atoms. The largest absolute Gasteiger partial charge is 0.494 e. The summed E-state index contributed by atoms with van der Waals surface area (Å²) in [6.45, 7) is 6.33. The Morgan fingerprint density at radius 2 is 1.77 bits per heavy atom. The average Bonchev–Trinajstić information content (AvgIpc) is 2.73. The second-order valence-corrected chi connectivity index (χ2v) is 8.61. The quantitative estimate of drug-likeness (QED) is 0.629. The Kier molecular flexibility index (Phi) is 8.19. The Bertz CT molecular complexity index is 961. The monoisotopic (exact) mass is 437 g/mol. The molecule has 0 aliphatic rings. The van der Waals surface area contributed by atoms with Crippen LogP contribution < -0.4 is 15.4 Å². The van der Waals surface area contributed by atoms with Crippen molar-refractivity contribution in [3.05, 3.63) is 59.4 Å². The molecule has 0 saturated heterocycles. The Labute approximate surface area is 177 Å². The lowest BCUT2D eigenvalue weighted by Gasteiger charge is -2.19. The first kappa shape index (κ1) is 23.6. The summed E-state index contributed by atoms with van der Waals surface area (Å²) in [6.07, 6.45) is 0. The molecule has 0 spiro atoms. The third-order valence-electron chi connectivity index (χ3n) is 4.74. The van der Waals surface area contributed by atoms with Crippen molar-refractivity contribution >= 4 is 16.1 Å². The topological polar surface area (TPSA) is 87.7 Å². The Hall–Kier alpha value is -2.65. The third-order valence-corrected chi connectivity index (χ3v) is 6.80. The van der Waals surface area contributed by atoms with Crippen molar-refractivity contribution < 1.29 is 22.3 Å². The van der Waals surface area contributed by atoms with Gasteiger partial charge in [-0.1, -0.05) is 32.0 Å². The van der Waals surface area contributed by atoms with Gasteiger partial charge in [0, 0.05) is 19.6 Å². The number of carbonyl (C=O) groups excluding carboxylic acids is 1. The molecule has 2 rings (SSSR count). The van der Waals surface area contributed by atoms with E-state index in [1.165, 1.54) is 23.5 Å². The van der Waals surface area contributed by atoms with Gasteiger partial charge in [0.15, 0.2) is 11.6 Å². The zero-order valence-corrected chi connectivity index (χ0v) is 18.4. The van der Waals surface area contributed by atoms with Gasteiger partial charge in [0.05, 0.1) is 18.0 Å². The predicted octanol–water partition coefficient (Wildman–Crippen LogP) is 3.43. The number of rotatable bonds is 9. The highest BCUT2D eigenvalue weighted by molar-refractivity contribution is 7.89. The lowest BCUT2D eigenvalue weighted by atomic mass is 10.1. The average molecular weight is 438 g/mol. The van der Waals surface area contributed by atoms with Gasteiger partial charge in [-0.2, -0.15) is 4.31 Å². The SMILES string of the molecule is CCN(CC)S(=O)(=O)c1ccc([C@@H](C)NC(=O)NCc2ccc(OC)c(F)c2)cc1. The van der Waals surface area contributed by atoms with Gasteiger partial charge in [-0.3, -0.25) is 0 Å². The molecule has 0 unspecified atom stereocenters. The summed E-state index contributed by atoms with van der Waals surface area (Å²) in [5.74, 6) is -0.353. The van der Waals surface area contributed by atoms with Crippen LogP contribution in [0.5, 0.6) is 5.75 Å². The van der Waals surface area contributed by atoms with E-state index < -0.39 is 21.9 Å². The molecule has 0 aliphatic carbocycles. The van der Waals surface area contributed by atoms with Crippen LogP contribution in [0.2, 0.25) is 0 Å². The molecule has 2 amide bonds. The number of benzene rings is 2. The summed E-state index contributed by atoms with van der Waals surface area (Å²) >= 11 is 0. The normalized spacial score (nSPS) is 12.5. The Morgan fingerprint density at radius 3 is 2.30 bits per heavy atom. The molecule has 0 aliphatic heterocycles. The molecule has 0 fully saturated rings. The maximum absolute atomic E-state index is 13.7. The number of methoxy groups -OCH3 is 1. The first-order valence-corrected chi connectivity index (χ1v) is 11.1. The fourth-order valence-electron chi connectivity index (χ4n) is 2.97. The first-order valence-electron chi connectivity index (χ1n) is 9.69. The number of hydrogen-bond acceptors (Lipinski definition) is 4. The van der Waals surface area contributed by atoms with E-state index in [1.54, 1.807) is 51.1 Å². The minimum Gasteiger partial charge on any atom is -0.494 e. The standard InChI is InChI=1S/C21H28FN3O4S/c1-5-25(6-2)30(27,28)18-10-8-17(9-11-18)15(3)24-21(26)23-14-16-7-12-20(29-4)19(22)13-16/h7-13,15H,5-6,14H2,1-4H3,(H2,23,24,26)/t15-/m1/s1. The van der Waals surface area contributed by atoms with Crippen molar-refractivity contribution in [1.82, 2.24) is 14.9 Å². The number of nitrogens with zero attached hydrogens (tertiary/aromatic N) is 1. The summed E-state index contributed by atoms with van der Waals surface area (Å²) < 4.78 is 45.1. The van der Waals surface area contributed by atoms with E-state index in [1.807, 2.05) is 0 Å². The minimum absolute atomic E-state index is 0.142. The van der Waals surface area contributed by atoms with Crippen molar-refractivity contribution in [2.75, 3.05) is 20.2 Å². The highest BCUT2D eigenvalue weighted by Gasteiger charge is 2.21. The molecular formula is C21H28FN3O4S. The number of urea groups is 1. The smallest absolute Gasteiger partial charge is 0.315 e. The van der Waals surface area contributed by atoms with E-state index in [0.29, 0.717) is 18.7 Å². The molecule has 2 aromatic rings. The van der Waals surface area contributed by atoms with E-state index in [0.717, 1.165) is 5.56 Å². The van der Waals surface area contributed by atoms with Gasteiger partial charge in [0.1, 0.15) is 0 Å². The van der Waals surface area contributed by atoms with Gasteiger partial charge in [0.2, 0.25) is 10.0 Å². The van der Waals surface area contributed by atoms with Crippen LogP contribution >= 0.6 is 0 Å². The number of hydrogen-bond donors (Lipinski definition) is 2. The molecule has 2 aromatic carbocycles. The van der Waals surface area contributed by atoms with Crippen LogP contribution in [-0.2, 0) is 16.6 Å². The fraction of sp³-hybridized carbons (Fsp3) is 0.381.